The van der Waals surface area contributed by atoms with E-state index in [2.05, 4.69) is 4.98 Å². The Hall–Kier alpha value is -2.64. The van der Waals surface area contributed by atoms with Gasteiger partial charge in [-0.3, -0.25) is 14.6 Å². The summed E-state index contributed by atoms with van der Waals surface area (Å²) in [5.74, 6) is -0.486. The summed E-state index contributed by atoms with van der Waals surface area (Å²) >= 11 is 5.95. The van der Waals surface area contributed by atoms with Gasteiger partial charge < -0.3 is 20.0 Å². The normalized spacial score (nSPS) is 15.0. The van der Waals surface area contributed by atoms with E-state index in [0.29, 0.717) is 11.4 Å². The van der Waals surface area contributed by atoms with Crippen LogP contribution < -0.4 is 0 Å². The Morgan fingerprint density at radius 1 is 1.25 bits per heavy atom. The second kappa shape index (κ2) is 8.16. The van der Waals surface area contributed by atoms with Crippen LogP contribution in [-0.2, 0) is 11.2 Å². The molecule has 0 unspecified atom stereocenters. The van der Waals surface area contributed by atoms with E-state index in [-0.39, 0.29) is 49.4 Å². The molecule has 148 valence electrons. The zero-order valence-corrected chi connectivity index (χ0v) is 16.3. The van der Waals surface area contributed by atoms with Gasteiger partial charge in [0.25, 0.3) is 5.91 Å². The number of aromatic nitrogens is 1. The van der Waals surface area contributed by atoms with Gasteiger partial charge in [0.05, 0.1) is 23.8 Å². The minimum atomic E-state index is -0.766. The molecule has 0 aliphatic carbocycles. The number of carbonyl (C=O) groups excluding carboxylic acids is 2. The maximum atomic E-state index is 13.1. The monoisotopic (exact) mass is 403 g/mol. The third kappa shape index (κ3) is 4.10. The molecule has 1 aliphatic rings. The fourth-order valence-electron chi connectivity index (χ4n) is 3.53. The van der Waals surface area contributed by atoms with Gasteiger partial charge in [-0.25, -0.2) is 0 Å². The number of carbonyl (C=O) groups is 2. The summed E-state index contributed by atoms with van der Waals surface area (Å²) in [6.07, 6.45) is 3.10. The summed E-state index contributed by atoms with van der Waals surface area (Å²) < 4.78 is 0. The van der Waals surface area contributed by atoms with Crippen molar-refractivity contribution >= 4 is 23.4 Å². The van der Waals surface area contributed by atoms with Crippen molar-refractivity contribution in [1.82, 2.24) is 14.8 Å². The van der Waals surface area contributed by atoms with Crippen molar-refractivity contribution in [1.29, 1.82) is 0 Å². The number of pyridine rings is 1. The number of aliphatic hydroxyl groups excluding tert-OH is 1. The van der Waals surface area contributed by atoms with E-state index in [1.165, 1.54) is 23.4 Å². The number of amides is 2. The van der Waals surface area contributed by atoms with Gasteiger partial charge in [-0.15, -0.1) is 0 Å². The van der Waals surface area contributed by atoms with E-state index in [4.69, 9.17) is 11.6 Å². The van der Waals surface area contributed by atoms with Gasteiger partial charge in [0, 0.05) is 37.9 Å². The number of hydrogen-bond donors (Lipinski definition) is 2. The molecular formula is C20H22ClN3O4. The molecule has 0 bridgehead atoms. The Morgan fingerprint density at radius 3 is 2.54 bits per heavy atom. The second-order valence-corrected chi connectivity index (χ2v) is 7.56. The van der Waals surface area contributed by atoms with Crippen molar-refractivity contribution in [2.75, 3.05) is 33.3 Å². The van der Waals surface area contributed by atoms with Crippen LogP contribution in [0.4, 0.5) is 0 Å². The second-order valence-electron chi connectivity index (χ2n) is 7.13. The third-order valence-electron chi connectivity index (χ3n) is 4.94. The van der Waals surface area contributed by atoms with E-state index in [9.17, 15) is 19.8 Å². The molecule has 1 aromatic heterocycles. The highest BCUT2D eigenvalue weighted by atomic mass is 35.5. The highest BCUT2D eigenvalue weighted by molar-refractivity contribution is 6.30. The molecule has 0 spiro atoms. The average Bonchev–Trinajstić information content (AvgIpc) is 2.65. The molecule has 2 N–H and O–H groups in total. The van der Waals surface area contributed by atoms with Gasteiger partial charge in [-0.05, 0) is 30.2 Å². The van der Waals surface area contributed by atoms with Gasteiger partial charge in [0.1, 0.15) is 5.75 Å². The minimum absolute atomic E-state index is 0.0856. The SMILES string of the molecule is CN(CCO)C(=O)C1(Cc2ccc(Cl)cc2)CN(C(=O)c2cncc(O)c2)C1. The van der Waals surface area contributed by atoms with Crippen LogP contribution in [0.2, 0.25) is 5.02 Å². The van der Waals surface area contributed by atoms with E-state index in [0.717, 1.165) is 5.56 Å². The molecule has 2 aromatic rings. The van der Waals surface area contributed by atoms with Crippen molar-refractivity contribution in [3.63, 3.8) is 0 Å². The maximum Gasteiger partial charge on any atom is 0.255 e. The standard InChI is InChI=1S/C20H22ClN3O4/c1-23(6-7-25)19(28)20(9-14-2-4-16(21)5-3-14)12-24(13-20)18(27)15-8-17(26)11-22-10-15/h2-5,8,10-11,25-26H,6-7,9,12-13H2,1H3. The summed E-state index contributed by atoms with van der Waals surface area (Å²) in [7, 11) is 1.64. The van der Waals surface area contributed by atoms with E-state index >= 15 is 0 Å². The molecule has 2 amide bonds. The lowest BCUT2D eigenvalue weighted by molar-refractivity contribution is -0.149. The smallest absolute Gasteiger partial charge is 0.255 e. The van der Waals surface area contributed by atoms with Gasteiger partial charge in [0.15, 0.2) is 0 Å². The number of nitrogens with zero attached hydrogens (tertiary/aromatic N) is 3. The van der Waals surface area contributed by atoms with E-state index < -0.39 is 5.41 Å². The number of benzene rings is 1. The maximum absolute atomic E-state index is 13.1. The van der Waals surface area contributed by atoms with E-state index in [1.54, 1.807) is 24.1 Å². The molecule has 2 heterocycles. The number of rotatable bonds is 6. The topological polar surface area (TPSA) is 94.0 Å². The van der Waals surface area contributed by atoms with Crippen molar-refractivity contribution < 1.29 is 19.8 Å². The lowest BCUT2D eigenvalue weighted by atomic mass is 9.73. The Bertz CT molecular complexity index is 866. The number of likely N-dealkylation sites (N-methyl/N-ethyl adjacent to an activating group) is 1. The fourth-order valence-corrected chi connectivity index (χ4v) is 3.65. The molecule has 0 radical (unpaired) electrons. The van der Waals surface area contributed by atoms with Gasteiger partial charge in [-0.1, -0.05) is 23.7 Å². The van der Waals surface area contributed by atoms with Crippen molar-refractivity contribution in [2.45, 2.75) is 6.42 Å². The van der Waals surface area contributed by atoms with Crippen molar-refractivity contribution in [2.24, 2.45) is 5.41 Å². The summed E-state index contributed by atoms with van der Waals surface area (Å²) in [6, 6.07) is 8.63. The Morgan fingerprint density at radius 2 is 1.93 bits per heavy atom. The molecular weight excluding hydrogens is 382 g/mol. The molecule has 1 saturated heterocycles. The zero-order chi connectivity index (χ0) is 20.3. The van der Waals surface area contributed by atoms with Crippen molar-refractivity contribution in [3.05, 3.63) is 58.9 Å². The molecule has 1 fully saturated rings. The molecule has 0 atom stereocenters. The Labute approximate surface area is 168 Å². The Kier molecular flexibility index (Phi) is 5.86. The molecule has 28 heavy (non-hydrogen) atoms. The van der Waals surface area contributed by atoms with Crippen LogP contribution >= 0.6 is 11.6 Å². The predicted octanol–water partition coefficient (Wildman–Crippen LogP) is 1.58. The largest absolute Gasteiger partial charge is 0.506 e. The lowest BCUT2D eigenvalue weighted by Crippen LogP contribution is -2.65. The number of aliphatic hydroxyl groups is 1. The minimum Gasteiger partial charge on any atom is -0.506 e. The van der Waals surface area contributed by atoms with Crippen LogP contribution in [-0.4, -0.2) is 70.1 Å². The van der Waals surface area contributed by atoms with Crippen LogP contribution in [0, 0.1) is 5.41 Å². The van der Waals surface area contributed by atoms with Gasteiger partial charge >= 0.3 is 0 Å². The number of aromatic hydroxyl groups is 1. The predicted molar refractivity (Wildman–Crippen MR) is 104 cm³/mol. The first-order valence-corrected chi connectivity index (χ1v) is 9.26. The van der Waals surface area contributed by atoms with Crippen LogP contribution in [0.15, 0.2) is 42.7 Å². The first-order chi connectivity index (χ1) is 13.3. The lowest BCUT2D eigenvalue weighted by Gasteiger charge is -2.50. The van der Waals surface area contributed by atoms with Crippen molar-refractivity contribution in [3.8, 4) is 5.75 Å². The van der Waals surface area contributed by atoms with Crippen LogP contribution in [0.1, 0.15) is 15.9 Å². The quantitative estimate of drug-likeness (QED) is 0.763. The van der Waals surface area contributed by atoms with Crippen LogP contribution in [0.3, 0.4) is 0 Å². The molecule has 7 nitrogen and oxygen atoms in total. The first kappa shape index (κ1) is 20.1. The summed E-state index contributed by atoms with van der Waals surface area (Å²) in [4.78, 5) is 32.6. The molecule has 1 aliphatic heterocycles. The summed E-state index contributed by atoms with van der Waals surface area (Å²) in [6.45, 7) is 0.597. The highest BCUT2D eigenvalue weighted by Gasteiger charge is 2.52. The fraction of sp³-hybridized carbons (Fsp3) is 0.350. The van der Waals surface area contributed by atoms with E-state index in [1.807, 2.05) is 12.1 Å². The Balaban J connectivity index is 1.80. The summed E-state index contributed by atoms with van der Waals surface area (Å²) in [5.41, 5.74) is 0.454. The van der Waals surface area contributed by atoms with Crippen LogP contribution in [0.5, 0.6) is 5.75 Å². The molecule has 1 aromatic carbocycles. The number of likely N-dealkylation sites (tertiary alicyclic amines) is 1. The average molecular weight is 404 g/mol. The number of halogens is 1. The first-order valence-electron chi connectivity index (χ1n) is 8.89. The molecule has 3 rings (SSSR count). The third-order valence-corrected chi connectivity index (χ3v) is 5.19. The highest BCUT2D eigenvalue weighted by Crippen LogP contribution is 2.37. The zero-order valence-electron chi connectivity index (χ0n) is 15.5. The van der Waals surface area contributed by atoms with Crippen LogP contribution in [0.25, 0.3) is 0 Å². The number of hydrogen-bond acceptors (Lipinski definition) is 5. The molecule has 8 heteroatoms. The molecule has 0 saturated carbocycles. The summed E-state index contributed by atoms with van der Waals surface area (Å²) in [5, 5.41) is 19.3. The van der Waals surface area contributed by atoms with Gasteiger partial charge in [-0.2, -0.15) is 0 Å². The van der Waals surface area contributed by atoms with Gasteiger partial charge in [0.2, 0.25) is 5.91 Å².